The van der Waals surface area contributed by atoms with Gasteiger partial charge in [-0.1, -0.05) is 67.9 Å². The molecule has 1 heterocycles. The van der Waals surface area contributed by atoms with Crippen molar-refractivity contribution in [2.75, 3.05) is 5.32 Å². The minimum atomic E-state index is -0.143. The van der Waals surface area contributed by atoms with Gasteiger partial charge < -0.3 is 5.32 Å². The SMILES string of the molecule is CCC(C)c1ccc(NC(=O)c2c(C)c(-c3cccc(Cl)c3)nc3ccccc23)cc1. The zero-order valence-electron chi connectivity index (χ0n) is 17.9. The number of halogens is 1. The first kappa shape index (κ1) is 21.1. The summed E-state index contributed by atoms with van der Waals surface area (Å²) in [5.41, 5.74) is 5.94. The summed E-state index contributed by atoms with van der Waals surface area (Å²) < 4.78 is 0. The van der Waals surface area contributed by atoms with E-state index in [1.54, 1.807) is 0 Å². The van der Waals surface area contributed by atoms with E-state index < -0.39 is 0 Å². The minimum Gasteiger partial charge on any atom is -0.322 e. The molecule has 31 heavy (non-hydrogen) atoms. The number of benzene rings is 3. The number of rotatable bonds is 5. The van der Waals surface area contributed by atoms with E-state index in [0.29, 0.717) is 16.5 Å². The van der Waals surface area contributed by atoms with Crippen molar-refractivity contribution < 1.29 is 4.79 Å². The van der Waals surface area contributed by atoms with Crippen molar-refractivity contribution in [2.45, 2.75) is 33.1 Å². The molecule has 0 saturated heterocycles. The molecule has 3 nitrogen and oxygen atoms in total. The van der Waals surface area contributed by atoms with E-state index in [1.165, 1.54) is 5.56 Å². The molecule has 1 unspecified atom stereocenters. The lowest BCUT2D eigenvalue weighted by Gasteiger charge is -2.15. The summed E-state index contributed by atoms with van der Waals surface area (Å²) in [5.74, 6) is 0.354. The number of hydrogen-bond acceptors (Lipinski definition) is 2. The van der Waals surface area contributed by atoms with Gasteiger partial charge in [0.15, 0.2) is 0 Å². The van der Waals surface area contributed by atoms with Crippen LogP contribution < -0.4 is 5.32 Å². The van der Waals surface area contributed by atoms with Crippen LogP contribution in [0.5, 0.6) is 0 Å². The predicted molar refractivity (Wildman–Crippen MR) is 130 cm³/mol. The van der Waals surface area contributed by atoms with Crippen LogP contribution in [0.25, 0.3) is 22.2 Å². The Balaban J connectivity index is 1.77. The van der Waals surface area contributed by atoms with Gasteiger partial charge in [-0.3, -0.25) is 4.79 Å². The number of anilines is 1. The molecule has 0 bridgehead atoms. The summed E-state index contributed by atoms with van der Waals surface area (Å²) >= 11 is 6.21. The average molecular weight is 429 g/mol. The zero-order valence-corrected chi connectivity index (χ0v) is 18.7. The highest BCUT2D eigenvalue weighted by molar-refractivity contribution is 6.30. The largest absolute Gasteiger partial charge is 0.322 e. The molecular weight excluding hydrogens is 404 g/mol. The second-order valence-electron chi connectivity index (χ2n) is 7.87. The van der Waals surface area contributed by atoms with Gasteiger partial charge >= 0.3 is 0 Å². The summed E-state index contributed by atoms with van der Waals surface area (Å²) in [6.07, 6.45) is 1.08. The van der Waals surface area contributed by atoms with Gasteiger partial charge in [-0.05, 0) is 60.7 Å². The molecule has 0 radical (unpaired) electrons. The zero-order chi connectivity index (χ0) is 22.0. The number of carbonyl (C=O) groups excluding carboxylic acids is 1. The van der Waals surface area contributed by atoms with Gasteiger partial charge in [0.05, 0.1) is 16.8 Å². The first-order valence-electron chi connectivity index (χ1n) is 10.5. The van der Waals surface area contributed by atoms with Crippen LogP contribution in [0.3, 0.4) is 0 Å². The van der Waals surface area contributed by atoms with Crippen molar-refractivity contribution in [1.29, 1.82) is 0 Å². The Hall–Kier alpha value is -3.17. The summed E-state index contributed by atoms with van der Waals surface area (Å²) in [4.78, 5) is 18.2. The summed E-state index contributed by atoms with van der Waals surface area (Å²) in [6, 6.07) is 23.4. The number of pyridine rings is 1. The number of para-hydroxylation sites is 1. The van der Waals surface area contributed by atoms with Crippen LogP contribution in [0.4, 0.5) is 5.69 Å². The molecule has 0 aliphatic heterocycles. The lowest BCUT2D eigenvalue weighted by molar-refractivity contribution is 0.102. The molecule has 4 aromatic rings. The highest BCUT2D eigenvalue weighted by Crippen LogP contribution is 2.31. The van der Waals surface area contributed by atoms with Crippen LogP contribution in [0.15, 0.2) is 72.8 Å². The quantitative estimate of drug-likeness (QED) is 0.355. The molecule has 4 heteroatoms. The normalized spacial score (nSPS) is 12.0. The molecule has 0 fully saturated rings. The lowest BCUT2D eigenvalue weighted by Crippen LogP contribution is -2.15. The first-order chi connectivity index (χ1) is 15.0. The van der Waals surface area contributed by atoms with Crippen molar-refractivity contribution in [2.24, 2.45) is 0 Å². The van der Waals surface area contributed by atoms with Gasteiger partial charge in [-0.2, -0.15) is 0 Å². The van der Waals surface area contributed by atoms with Gasteiger partial charge in [0.2, 0.25) is 0 Å². The van der Waals surface area contributed by atoms with E-state index in [0.717, 1.165) is 39.8 Å². The molecule has 1 aromatic heterocycles. The van der Waals surface area contributed by atoms with Crippen LogP contribution >= 0.6 is 11.6 Å². The minimum absolute atomic E-state index is 0.143. The number of aromatic nitrogens is 1. The summed E-state index contributed by atoms with van der Waals surface area (Å²) in [7, 11) is 0. The predicted octanol–water partition coefficient (Wildman–Crippen LogP) is 7.63. The third kappa shape index (κ3) is 4.33. The standard InChI is InChI=1S/C27H25ClN2O/c1-4-17(2)19-12-14-22(15-13-19)29-27(31)25-18(3)26(20-8-7-9-21(28)16-20)30-24-11-6-5-10-23(24)25/h5-17H,4H2,1-3H3,(H,29,31). The van der Waals surface area contributed by atoms with Gasteiger partial charge in [0.25, 0.3) is 5.91 Å². The topological polar surface area (TPSA) is 42.0 Å². The van der Waals surface area contributed by atoms with Gasteiger partial charge in [-0.25, -0.2) is 4.98 Å². The average Bonchev–Trinajstić information content (AvgIpc) is 2.78. The fraction of sp³-hybridized carbons (Fsp3) is 0.185. The number of carbonyl (C=O) groups is 1. The van der Waals surface area contributed by atoms with Gasteiger partial charge in [-0.15, -0.1) is 0 Å². The van der Waals surface area contributed by atoms with E-state index in [4.69, 9.17) is 16.6 Å². The van der Waals surface area contributed by atoms with Crippen LogP contribution in [0.1, 0.15) is 47.7 Å². The number of fused-ring (bicyclic) bond motifs is 1. The number of hydrogen-bond donors (Lipinski definition) is 1. The van der Waals surface area contributed by atoms with Crippen molar-refractivity contribution in [3.05, 3.63) is 94.5 Å². The van der Waals surface area contributed by atoms with E-state index in [1.807, 2.05) is 67.6 Å². The molecule has 1 atom stereocenters. The molecule has 0 aliphatic rings. The van der Waals surface area contributed by atoms with E-state index >= 15 is 0 Å². The molecule has 1 N–H and O–H groups in total. The van der Waals surface area contributed by atoms with Crippen molar-refractivity contribution in [3.8, 4) is 11.3 Å². The number of amides is 1. The van der Waals surface area contributed by atoms with E-state index in [-0.39, 0.29) is 5.91 Å². The summed E-state index contributed by atoms with van der Waals surface area (Å²) in [6.45, 7) is 6.32. The molecule has 0 saturated carbocycles. The van der Waals surface area contributed by atoms with Crippen LogP contribution in [-0.4, -0.2) is 10.9 Å². The molecule has 1 amide bonds. The third-order valence-corrected chi connectivity index (χ3v) is 6.05. The van der Waals surface area contributed by atoms with E-state index in [2.05, 4.69) is 31.3 Å². The Bertz CT molecular complexity index is 1250. The molecule has 3 aromatic carbocycles. The third-order valence-electron chi connectivity index (χ3n) is 5.81. The Morgan fingerprint density at radius 3 is 2.48 bits per heavy atom. The van der Waals surface area contributed by atoms with Crippen molar-refractivity contribution in [3.63, 3.8) is 0 Å². The molecule has 156 valence electrons. The number of nitrogens with one attached hydrogen (secondary N) is 1. The number of nitrogens with zero attached hydrogens (tertiary/aromatic N) is 1. The molecule has 4 rings (SSSR count). The second-order valence-corrected chi connectivity index (χ2v) is 8.31. The maximum absolute atomic E-state index is 13.4. The maximum atomic E-state index is 13.4. The second kappa shape index (κ2) is 8.91. The Morgan fingerprint density at radius 2 is 1.77 bits per heavy atom. The smallest absolute Gasteiger partial charge is 0.256 e. The molecule has 0 spiro atoms. The summed E-state index contributed by atoms with van der Waals surface area (Å²) in [5, 5.41) is 4.54. The van der Waals surface area contributed by atoms with Crippen LogP contribution in [0.2, 0.25) is 5.02 Å². The van der Waals surface area contributed by atoms with E-state index in [9.17, 15) is 4.79 Å². The monoisotopic (exact) mass is 428 g/mol. The fourth-order valence-corrected chi connectivity index (χ4v) is 4.03. The van der Waals surface area contributed by atoms with Crippen LogP contribution in [-0.2, 0) is 0 Å². The lowest BCUT2D eigenvalue weighted by atomic mass is 9.96. The Kier molecular flexibility index (Phi) is 6.06. The van der Waals surface area contributed by atoms with Gasteiger partial charge in [0.1, 0.15) is 0 Å². The van der Waals surface area contributed by atoms with Gasteiger partial charge in [0, 0.05) is 21.7 Å². The fourth-order valence-electron chi connectivity index (χ4n) is 3.84. The first-order valence-corrected chi connectivity index (χ1v) is 10.9. The Morgan fingerprint density at radius 1 is 1.03 bits per heavy atom. The Labute approximate surface area is 188 Å². The van der Waals surface area contributed by atoms with Crippen molar-refractivity contribution >= 4 is 34.1 Å². The molecule has 0 aliphatic carbocycles. The highest BCUT2D eigenvalue weighted by atomic mass is 35.5. The van der Waals surface area contributed by atoms with Crippen LogP contribution in [0, 0.1) is 6.92 Å². The van der Waals surface area contributed by atoms with Crippen molar-refractivity contribution in [1.82, 2.24) is 4.98 Å². The molecular formula is C27H25ClN2O. The highest BCUT2D eigenvalue weighted by Gasteiger charge is 2.19. The maximum Gasteiger partial charge on any atom is 0.256 e.